The quantitative estimate of drug-likeness (QED) is 0.789. The molecule has 0 amide bonds. The molecule has 3 aromatic rings. The van der Waals surface area contributed by atoms with Crippen LogP contribution in [0, 0.1) is 6.92 Å². The van der Waals surface area contributed by atoms with Gasteiger partial charge in [-0.25, -0.2) is 4.98 Å². The predicted molar refractivity (Wildman–Crippen MR) is 79.4 cm³/mol. The summed E-state index contributed by atoms with van der Waals surface area (Å²) in [6.45, 7) is 4.99. The van der Waals surface area contributed by atoms with E-state index in [0.29, 0.717) is 0 Å². The van der Waals surface area contributed by atoms with Crippen molar-refractivity contribution in [2.24, 2.45) is 0 Å². The lowest BCUT2D eigenvalue weighted by Crippen LogP contribution is -2.19. The number of rotatable bonds is 4. The topological polar surface area (TPSA) is 42.2 Å². The van der Waals surface area contributed by atoms with Crippen LogP contribution in [0.25, 0.3) is 5.65 Å². The summed E-state index contributed by atoms with van der Waals surface area (Å²) in [5.41, 5.74) is 4.47. The molecule has 4 nitrogen and oxygen atoms in total. The molecule has 0 aromatic carbocycles. The number of hydrogen-bond acceptors (Lipinski definition) is 3. The van der Waals surface area contributed by atoms with Crippen LogP contribution in [0.3, 0.4) is 0 Å². The maximum absolute atomic E-state index is 4.57. The molecule has 0 saturated heterocycles. The van der Waals surface area contributed by atoms with E-state index >= 15 is 0 Å². The van der Waals surface area contributed by atoms with E-state index in [1.807, 2.05) is 30.5 Å². The largest absolute Gasteiger partial charge is 0.305 e. The number of aromatic nitrogens is 3. The molecule has 3 aromatic heterocycles. The number of nitrogens with zero attached hydrogens (tertiary/aromatic N) is 3. The van der Waals surface area contributed by atoms with Crippen LogP contribution in [0.2, 0.25) is 0 Å². The highest BCUT2D eigenvalue weighted by Crippen LogP contribution is 2.14. The number of fused-ring (bicyclic) bond motifs is 1. The highest BCUT2D eigenvalue weighted by molar-refractivity contribution is 5.42. The highest BCUT2D eigenvalue weighted by atomic mass is 15.0. The molecular weight excluding hydrogens is 248 g/mol. The van der Waals surface area contributed by atoms with Crippen molar-refractivity contribution >= 4 is 5.65 Å². The summed E-state index contributed by atoms with van der Waals surface area (Å²) in [6.07, 6.45) is 5.75. The van der Waals surface area contributed by atoms with Crippen molar-refractivity contribution in [1.82, 2.24) is 19.7 Å². The Balaban J connectivity index is 1.79. The molecular formula is C16H18N4. The molecule has 4 heteroatoms. The van der Waals surface area contributed by atoms with Crippen LogP contribution < -0.4 is 5.32 Å². The van der Waals surface area contributed by atoms with Crippen LogP contribution in [0.4, 0.5) is 0 Å². The normalized spacial score (nSPS) is 12.7. The minimum absolute atomic E-state index is 0.261. The fourth-order valence-electron chi connectivity index (χ4n) is 2.38. The standard InChI is InChI=1S/C16H18N4/c1-12(14-6-5-8-17-10-14)18-11-15-13(2)19-16-7-3-4-9-20(15)16/h3-10,12,18H,11H2,1-2H3/t12-/m1/s1. The van der Waals surface area contributed by atoms with Gasteiger partial charge in [-0.2, -0.15) is 0 Å². The van der Waals surface area contributed by atoms with E-state index in [-0.39, 0.29) is 6.04 Å². The van der Waals surface area contributed by atoms with Crippen molar-refractivity contribution in [3.05, 3.63) is 65.9 Å². The molecule has 3 heterocycles. The van der Waals surface area contributed by atoms with Gasteiger partial charge >= 0.3 is 0 Å². The molecule has 0 aliphatic heterocycles. The number of aryl methyl sites for hydroxylation is 1. The van der Waals surface area contributed by atoms with Crippen LogP contribution in [0.5, 0.6) is 0 Å². The van der Waals surface area contributed by atoms with Crippen LogP contribution in [0.1, 0.15) is 29.9 Å². The fourth-order valence-corrected chi connectivity index (χ4v) is 2.38. The lowest BCUT2D eigenvalue weighted by molar-refractivity contribution is 0.563. The lowest BCUT2D eigenvalue weighted by Gasteiger charge is -2.14. The van der Waals surface area contributed by atoms with Gasteiger partial charge in [0.1, 0.15) is 5.65 Å². The van der Waals surface area contributed by atoms with Gasteiger partial charge in [-0.1, -0.05) is 12.1 Å². The summed E-state index contributed by atoms with van der Waals surface area (Å²) in [6, 6.07) is 10.4. The summed E-state index contributed by atoms with van der Waals surface area (Å²) in [7, 11) is 0. The molecule has 0 bridgehead atoms. The van der Waals surface area contributed by atoms with E-state index in [9.17, 15) is 0 Å². The maximum atomic E-state index is 4.57. The number of nitrogens with one attached hydrogen (secondary N) is 1. The number of hydrogen-bond donors (Lipinski definition) is 1. The van der Waals surface area contributed by atoms with Gasteiger partial charge in [0.05, 0.1) is 11.4 Å². The van der Waals surface area contributed by atoms with Gasteiger partial charge in [-0.05, 0) is 37.6 Å². The first-order chi connectivity index (χ1) is 9.75. The first kappa shape index (κ1) is 12.8. The van der Waals surface area contributed by atoms with E-state index in [4.69, 9.17) is 0 Å². The van der Waals surface area contributed by atoms with Crippen LogP contribution in [-0.4, -0.2) is 14.4 Å². The van der Waals surface area contributed by atoms with Gasteiger partial charge in [-0.3, -0.25) is 4.98 Å². The lowest BCUT2D eigenvalue weighted by atomic mass is 10.1. The van der Waals surface area contributed by atoms with E-state index in [2.05, 4.69) is 45.8 Å². The van der Waals surface area contributed by atoms with Crippen LogP contribution in [-0.2, 0) is 6.54 Å². The zero-order valence-corrected chi connectivity index (χ0v) is 11.7. The number of pyridine rings is 2. The third-order valence-corrected chi connectivity index (χ3v) is 3.59. The van der Waals surface area contributed by atoms with E-state index in [1.54, 1.807) is 6.20 Å². The van der Waals surface area contributed by atoms with E-state index in [1.165, 1.54) is 11.3 Å². The molecule has 1 N–H and O–H groups in total. The third kappa shape index (κ3) is 2.42. The van der Waals surface area contributed by atoms with Gasteiger partial charge in [0.2, 0.25) is 0 Å². The maximum Gasteiger partial charge on any atom is 0.137 e. The molecule has 0 spiro atoms. The minimum atomic E-state index is 0.261. The average Bonchev–Trinajstić information content (AvgIpc) is 2.81. The Bertz CT molecular complexity index is 703. The van der Waals surface area contributed by atoms with E-state index in [0.717, 1.165) is 17.9 Å². The van der Waals surface area contributed by atoms with Crippen LogP contribution >= 0.6 is 0 Å². The monoisotopic (exact) mass is 266 g/mol. The van der Waals surface area contributed by atoms with Crippen molar-refractivity contribution in [1.29, 1.82) is 0 Å². The Hall–Kier alpha value is -2.20. The molecule has 0 saturated carbocycles. The summed E-state index contributed by atoms with van der Waals surface area (Å²) in [4.78, 5) is 8.74. The molecule has 0 unspecified atom stereocenters. The summed E-state index contributed by atoms with van der Waals surface area (Å²) in [5.74, 6) is 0. The molecule has 0 radical (unpaired) electrons. The van der Waals surface area contributed by atoms with Gasteiger partial charge in [-0.15, -0.1) is 0 Å². The number of imidazole rings is 1. The molecule has 20 heavy (non-hydrogen) atoms. The summed E-state index contributed by atoms with van der Waals surface area (Å²) >= 11 is 0. The molecule has 0 aliphatic rings. The highest BCUT2D eigenvalue weighted by Gasteiger charge is 2.10. The van der Waals surface area contributed by atoms with Gasteiger partial charge in [0, 0.05) is 31.2 Å². The van der Waals surface area contributed by atoms with Crippen molar-refractivity contribution < 1.29 is 0 Å². The zero-order chi connectivity index (χ0) is 13.9. The minimum Gasteiger partial charge on any atom is -0.305 e. The van der Waals surface area contributed by atoms with Crippen molar-refractivity contribution in [3.8, 4) is 0 Å². The van der Waals surface area contributed by atoms with E-state index < -0.39 is 0 Å². The predicted octanol–water partition coefficient (Wildman–Crippen LogP) is 2.89. The molecule has 3 rings (SSSR count). The first-order valence-corrected chi connectivity index (χ1v) is 6.81. The Morgan fingerprint density at radius 1 is 1.25 bits per heavy atom. The Morgan fingerprint density at radius 3 is 2.95 bits per heavy atom. The average molecular weight is 266 g/mol. The van der Waals surface area contributed by atoms with Gasteiger partial charge in [0.15, 0.2) is 0 Å². The second-order valence-electron chi connectivity index (χ2n) is 4.96. The summed E-state index contributed by atoms with van der Waals surface area (Å²) < 4.78 is 2.14. The smallest absolute Gasteiger partial charge is 0.137 e. The van der Waals surface area contributed by atoms with Crippen molar-refractivity contribution in [3.63, 3.8) is 0 Å². The molecule has 0 fully saturated rings. The zero-order valence-electron chi connectivity index (χ0n) is 11.7. The van der Waals surface area contributed by atoms with Gasteiger partial charge < -0.3 is 9.72 Å². The summed E-state index contributed by atoms with van der Waals surface area (Å²) in [5, 5.41) is 3.53. The van der Waals surface area contributed by atoms with Crippen LogP contribution in [0.15, 0.2) is 48.9 Å². The fraction of sp³-hybridized carbons (Fsp3) is 0.250. The van der Waals surface area contributed by atoms with Gasteiger partial charge in [0.25, 0.3) is 0 Å². The van der Waals surface area contributed by atoms with Crippen molar-refractivity contribution in [2.75, 3.05) is 0 Å². The second kappa shape index (κ2) is 5.43. The first-order valence-electron chi connectivity index (χ1n) is 6.81. The Kier molecular flexibility index (Phi) is 3.48. The molecule has 0 aliphatic carbocycles. The Morgan fingerprint density at radius 2 is 2.15 bits per heavy atom. The van der Waals surface area contributed by atoms with Crippen molar-refractivity contribution in [2.45, 2.75) is 26.4 Å². The molecule has 102 valence electrons. The second-order valence-corrected chi connectivity index (χ2v) is 4.96. The molecule has 1 atom stereocenters. The third-order valence-electron chi connectivity index (χ3n) is 3.59. The SMILES string of the molecule is Cc1nc2ccccn2c1CN[C@H](C)c1cccnc1. The Labute approximate surface area is 118 Å².